The first-order chi connectivity index (χ1) is 14.5. The summed E-state index contributed by atoms with van der Waals surface area (Å²) in [6, 6.07) is 10.8. The Bertz CT molecular complexity index is 1200. The lowest BCUT2D eigenvalue weighted by atomic mass is 9.82. The number of rotatable bonds is 2. The van der Waals surface area contributed by atoms with E-state index in [1.807, 2.05) is 34.6 Å². The molecule has 2 N–H and O–H groups in total. The van der Waals surface area contributed by atoms with Crippen LogP contribution in [0.5, 0.6) is 0 Å². The maximum Gasteiger partial charge on any atom is 0.272 e. The highest BCUT2D eigenvalue weighted by atomic mass is 16.2. The molecule has 0 radical (unpaired) electrons. The van der Waals surface area contributed by atoms with E-state index >= 15 is 0 Å². The number of aromatic nitrogens is 4. The molecule has 1 saturated heterocycles. The molecule has 0 saturated carbocycles. The summed E-state index contributed by atoms with van der Waals surface area (Å²) in [5.74, 6) is 0.656. The normalized spacial score (nSPS) is 20.0. The Balaban J connectivity index is 1.49. The Morgan fingerprint density at radius 3 is 2.80 bits per heavy atom. The second kappa shape index (κ2) is 7.05. The van der Waals surface area contributed by atoms with Crippen LogP contribution in [-0.4, -0.2) is 43.4 Å². The smallest absolute Gasteiger partial charge is 0.272 e. The van der Waals surface area contributed by atoms with Crippen molar-refractivity contribution in [1.82, 2.24) is 24.4 Å². The number of pyridine rings is 2. The van der Waals surface area contributed by atoms with E-state index in [1.165, 1.54) is 6.33 Å². The van der Waals surface area contributed by atoms with Crippen LogP contribution in [0.25, 0.3) is 11.3 Å². The summed E-state index contributed by atoms with van der Waals surface area (Å²) in [7, 11) is 0. The molecule has 0 aliphatic carbocycles. The molecule has 2 bridgehead atoms. The van der Waals surface area contributed by atoms with Crippen LogP contribution in [0, 0.1) is 12.8 Å². The van der Waals surface area contributed by atoms with Gasteiger partial charge in [0.05, 0.1) is 5.69 Å². The highest BCUT2D eigenvalue weighted by molar-refractivity contribution is 5.92. The molecular weight excluding hydrogens is 380 g/mol. The lowest BCUT2D eigenvalue weighted by Crippen LogP contribution is -2.49. The average molecular weight is 402 g/mol. The first-order valence-electron chi connectivity index (χ1n) is 10.0. The molecule has 8 nitrogen and oxygen atoms in total. The summed E-state index contributed by atoms with van der Waals surface area (Å²) in [6.07, 6.45) is 2.35. The number of likely N-dealkylation sites (tertiary alicyclic amines) is 1. The van der Waals surface area contributed by atoms with Gasteiger partial charge in [0.15, 0.2) is 0 Å². The van der Waals surface area contributed by atoms with Gasteiger partial charge in [0, 0.05) is 54.6 Å². The van der Waals surface area contributed by atoms with Gasteiger partial charge in [0.25, 0.3) is 11.5 Å². The zero-order valence-electron chi connectivity index (χ0n) is 16.7. The summed E-state index contributed by atoms with van der Waals surface area (Å²) in [5.41, 5.74) is 9.32. The summed E-state index contributed by atoms with van der Waals surface area (Å²) in [6.45, 7) is 3.70. The first-order valence-corrected chi connectivity index (χ1v) is 10.0. The van der Waals surface area contributed by atoms with Gasteiger partial charge >= 0.3 is 0 Å². The zero-order valence-corrected chi connectivity index (χ0v) is 16.7. The van der Waals surface area contributed by atoms with Gasteiger partial charge in [-0.2, -0.15) is 0 Å². The Morgan fingerprint density at radius 1 is 1.13 bits per heavy atom. The lowest BCUT2D eigenvalue weighted by Gasteiger charge is -2.42. The van der Waals surface area contributed by atoms with Gasteiger partial charge < -0.3 is 15.2 Å². The number of hydrogen-bond acceptors (Lipinski definition) is 6. The molecule has 0 aromatic carbocycles. The second-order valence-corrected chi connectivity index (χ2v) is 8.12. The van der Waals surface area contributed by atoms with Gasteiger partial charge in [-0.3, -0.25) is 9.59 Å². The van der Waals surface area contributed by atoms with Gasteiger partial charge in [-0.1, -0.05) is 6.07 Å². The maximum atomic E-state index is 13.1. The Hall–Kier alpha value is -3.55. The van der Waals surface area contributed by atoms with Gasteiger partial charge in [0.2, 0.25) is 0 Å². The van der Waals surface area contributed by atoms with E-state index in [0.717, 1.165) is 23.4 Å². The van der Waals surface area contributed by atoms with Crippen LogP contribution in [0.15, 0.2) is 47.5 Å². The molecule has 8 heteroatoms. The van der Waals surface area contributed by atoms with E-state index < -0.39 is 0 Å². The number of piperidine rings is 1. The minimum atomic E-state index is -0.0519. The molecule has 0 unspecified atom stereocenters. The van der Waals surface area contributed by atoms with Crippen LogP contribution in [0.3, 0.4) is 0 Å². The summed E-state index contributed by atoms with van der Waals surface area (Å²) < 4.78 is 1.85. The predicted molar refractivity (Wildman–Crippen MR) is 112 cm³/mol. The van der Waals surface area contributed by atoms with E-state index in [-0.39, 0.29) is 23.3 Å². The van der Waals surface area contributed by atoms with E-state index in [2.05, 4.69) is 15.0 Å². The molecule has 3 aromatic rings. The third kappa shape index (κ3) is 3.24. The van der Waals surface area contributed by atoms with Crippen LogP contribution in [0.1, 0.15) is 34.2 Å². The largest absolute Gasteiger partial charge is 0.384 e. The number of amides is 1. The number of fused-ring (bicyclic) bond motifs is 4. The van der Waals surface area contributed by atoms with Gasteiger partial charge in [0.1, 0.15) is 17.8 Å². The van der Waals surface area contributed by atoms with Crippen LogP contribution >= 0.6 is 0 Å². The molecule has 152 valence electrons. The van der Waals surface area contributed by atoms with Crippen LogP contribution in [-0.2, 0) is 6.54 Å². The number of nitrogens with zero attached hydrogens (tertiary/aromatic N) is 5. The monoisotopic (exact) mass is 402 g/mol. The lowest BCUT2D eigenvalue weighted by molar-refractivity contribution is 0.0588. The fraction of sp³-hybridized carbons (Fsp3) is 0.318. The summed E-state index contributed by atoms with van der Waals surface area (Å²) >= 11 is 0. The number of hydrogen-bond donors (Lipinski definition) is 1. The Labute approximate surface area is 173 Å². The van der Waals surface area contributed by atoms with Crippen molar-refractivity contribution in [2.24, 2.45) is 5.92 Å². The summed E-state index contributed by atoms with van der Waals surface area (Å²) in [4.78, 5) is 40.3. The molecule has 2 atom stereocenters. The average Bonchev–Trinajstić information content (AvgIpc) is 2.73. The van der Waals surface area contributed by atoms with Crippen molar-refractivity contribution < 1.29 is 4.79 Å². The molecule has 5 heterocycles. The van der Waals surface area contributed by atoms with Crippen molar-refractivity contribution in [2.75, 3.05) is 18.8 Å². The van der Waals surface area contributed by atoms with Gasteiger partial charge in [-0.05, 0) is 37.5 Å². The minimum absolute atomic E-state index is 0.0467. The van der Waals surface area contributed by atoms with Gasteiger partial charge in [-0.15, -0.1) is 0 Å². The molecule has 2 aliphatic heterocycles. The van der Waals surface area contributed by atoms with E-state index in [4.69, 9.17) is 5.73 Å². The highest BCUT2D eigenvalue weighted by Gasteiger charge is 2.37. The van der Waals surface area contributed by atoms with E-state index in [9.17, 15) is 9.59 Å². The van der Waals surface area contributed by atoms with Gasteiger partial charge in [-0.25, -0.2) is 15.0 Å². The van der Waals surface area contributed by atoms with Crippen molar-refractivity contribution in [3.63, 3.8) is 0 Å². The third-order valence-corrected chi connectivity index (χ3v) is 5.93. The number of anilines is 1. The standard InChI is InChI=1S/C22H22N6O2/c1-13-3-2-4-17(26-13)22(30)27-9-14-5-16(11-27)19-6-15(7-21(29)28(19)10-14)18-8-20(23)25-12-24-18/h2-4,6-8,12,14,16H,5,9-11H2,1H3,(H2,23,24,25)/t14-,16+/m0/s1. The predicted octanol–water partition coefficient (Wildman–Crippen LogP) is 1.85. The number of nitrogens with two attached hydrogens (primary N) is 1. The first kappa shape index (κ1) is 18.5. The summed E-state index contributed by atoms with van der Waals surface area (Å²) in [5, 5.41) is 0. The molecular formula is C22H22N6O2. The molecule has 3 aromatic heterocycles. The fourth-order valence-electron chi connectivity index (χ4n) is 4.63. The highest BCUT2D eigenvalue weighted by Crippen LogP contribution is 2.36. The topological polar surface area (TPSA) is 107 Å². The van der Waals surface area contributed by atoms with Crippen molar-refractivity contribution in [1.29, 1.82) is 0 Å². The maximum absolute atomic E-state index is 13.1. The molecule has 0 spiro atoms. The van der Waals surface area contributed by atoms with Crippen molar-refractivity contribution in [2.45, 2.75) is 25.8 Å². The quantitative estimate of drug-likeness (QED) is 0.701. The minimum Gasteiger partial charge on any atom is -0.384 e. The van der Waals surface area contributed by atoms with Crippen LogP contribution in [0.2, 0.25) is 0 Å². The van der Waals surface area contributed by atoms with E-state index in [0.29, 0.717) is 36.8 Å². The van der Waals surface area contributed by atoms with Crippen molar-refractivity contribution in [3.8, 4) is 11.3 Å². The van der Waals surface area contributed by atoms with E-state index in [1.54, 1.807) is 18.2 Å². The SMILES string of the molecule is Cc1cccc(C(=O)N2C[C@@H]3C[C@H](C2)c2cc(-c4cc(N)ncn4)cc(=O)n2C3)n1. The zero-order chi connectivity index (χ0) is 20.8. The van der Waals surface area contributed by atoms with Crippen molar-refractivity contribution >= 4 is 11.7 Å². The van der Waals surface area contributed by atoms with Crippen LogP contribution < -0.4 is 11.3 Å². The van der Waals surface area contributed by atoms with Crippen LogP contribution in [0.4, 0.5) is 5.82 Å². The number of carbonyl (C=O) groups excluding carboxylic acids is 1. The Morgan fingerprint density at radius 2 is 2.00 bits per heavy atom. The molecule has 30 heavy (non-hydrogen) atoms. The number of aryl methyl sites for hydroxylation is 1. The van der Waals surface area contributed by atoms with Crippen molar-refractivity contribution in [3.05, 3.63) is 70.2 Å². The number of carbonyl (C=O) groups is 1. The molecule has 1 amide bonds. The fourth-order valence-corrected chi connectivity index (χ4v) is 4.63. The number of nitrogen functional groups attached to an aromatic ring is 1. The molecule has 1 fully saturated rings. The second-order valence-electron chi connectivity index (χ2n) is 8.12. The molecule has 2 aliphatic rings. The molecule has 5 rings (SSSR count). The Kier molecular flexibility index (Phi) is 4.34. The third-order valence-electron chi connectivity index (χ3n) is 5.93.